The molecule has 0 saturated carbocycles. The first-order chi connectivity index (χ1) is 7.74. The summed E-state index contributed by atoms with van der Waals surface area (Å²) in [5.74, 6) is -1.07. The Hall–Kier alpha value is -1.26. The zero-order valence-corrected chi connectivity index (χ0v) is 10.9. The number of aliphatic carboxylic acids is 1. The first-order valence-electron chi connectivity index (χ1n) is 5.95. The van der Waals surface area contributed by atoms with E-state index in [0.29, 0.717) is 19.5 Å². The predicted octanol–water partition coefficient (Wildman–Crippen LogP) is 1.96. The van der Waals surface area contributed by atoms with Crippen LogP contribution in [0, 0.1) is 11.8 Å². The van der Waals surface area contributed by atoms with Crippen LogP contribution < -0.4 is 0 Å². The number of carbonyl (C=O) groups excluding carboxylic acids is 1. The number of likely N-dealkylation sites (tertiary alicyclic amines) is 1. The van der Waals surface area contributed by atoms with Crippen LogP contribution in [0.3, 0.4) is 0 Å². The van der Waals surface area contributed by atoms with E-state index in [-0.39, 0.29) is 17.9 Å². The lowest BCUT2D eigenvalue weighted by Crippen LogP contribution is -2.55. The topological polar surface area (TPSA) is 66.8 Å². The number of carboxylic acid groups (broad SMARTS) is 1. The number of nitrogens with zero attached hydrogens (tertiary/aromatic N) is 1. The average molecular weight is 243 g/mol. The summed E-state index contributed by atoms with van der Waals surface area (Å²) in [6.45, 7) is 8.27. The third-order valence-electron chi connectivity index (χ3n) is 2.89. The third kappa shape index (κ3) is 3.61. The van der Waals surface area contributed by atoms with Gasteiger partial charge in [0.1, 0.15) is 5.60 Å². The van der Waals surface area contributed by atoms with Gasteiger partial charge in [0.05, 0.1) is 5.92 Å². The van der Waals surface area contributed by atoms with E-state index in [1.807, 2.05) is 27.7 Å². The van der Waals surface area contributed by atoms with E-state index in [4.69, 9.17) is 9.84 Å². The van der Waals surface area contributed by atoms with Crippen LogP contribution in [0.2, 0.25) is 0 Å². The molecule has 0 aromatic heterocycles. The van der Waals surface area contributed by atoms with Gasteiger partial charge in [-0.1, -0.05) is 6.92 Å². The average Bonchev–Trinajstić information content (AvgIpc) is 2.05. The van der Waals surface area contributed by atoms with Crippen LogP contribution in [0.25, 0.3) is 0 Å². The van der Waals surface area contributed by atoms with Crippen molar-refractivity contribution < 1.29 is 19.4 Å². The molecule has 98 valence electrons. The van der Waals surface area contributed by atoms with Crippen molar-refractivity contribution in [1.29, 1.82) is 0 Å². The van der Waals surface area contributed by atoms with Crippen LogP contribution in [0.5, 0.6) is 0 Å². The highest BCUT2D eigenvalue weighted by Gasteiger charge is 2.40. The van der Waals surface area contributed by atoms with Crippen molar-refractivity contribution in [3.8, 4) is 0 Å². The van der Waals surface area contributed by atoms with Gasteiger partial charge in [-0.05, 0) is 27.2 Å². The second-order valence-corrected chi connectivity index (χ2v) is 5.50. The summed E-state index contributed by atoms with van der Waals surface area (Å²) in [4.78, 5) is 24.1. The summed E-state index contributed by atoms with van der Waals surface area (Å²) in [5.41, 5.74) is -0.501. The fourth-order valence-electron chi connectivity index (χ4n) is 1.95. The van der Waals surface area contributed by atoms with Crippen LogP contribution in [-0.2, 0) is 9.53 Å². The van der Waals surface area contributed by atoms with Gasteiger partial charge in [0.15, 0.2) is 0 Å². The zero-order chi connectivity index (χ0) is 13.2. The van der Waals surface area contributed by atoms with Crippen molar-refractivity contribution in [2.24, 2.45) is 11.8 Å². The molecule has 0 aliphatic carbocycles. The van der Waals surface area contributed by atoms with E-state index in [9.17, 15) is 9.59 Å². The molecule has 0 radical (unpaired) electrons. The molecule has 5 heteroatoms. The van der Waals surface area contributed by atoms with Crippen LogP contribution in [-0.4, -0.2) is 40.8 Å². The van der Waals surface area contributed by atoms with Gasteiger partial charge in [0, 0.05) is 19.0 Å². The van der Waals surface area contributed by atoms with E-state index in [1.54, 1.807) is 4.90 Å². The molecule has 1 N–H and O–H groups in total. The Balaban J connectivity index is 2.41. The van der Waals surface area contributed by atoms with E-state index in [2.05, 4.69) is 0 Å². The van der Waals surface area contributed by atoms with Crippen molar-refractivity contribution in [2.75, 3.05) is 13.1 Å². The Morgan fingerprint density at radius 3 is 2.29 bits per heavy atom. The summed E-state index contributed by atoms with van der Waals surface area (Å²) in [6.07, 6.45) is 0.247. The molecule has 17 heavy (non-hydrogen) atoms. The van der Waals surface area contributed by atoms with Crippen LogP contribution in [0.4, 0.5) is 4.79 Å². The molecule has 1 unspecified atom stereocenters. The molecular formula is C12H21NO4. The first kappa shape index (κ1) is 13.8. The van der Waals surface area contributed by atoms with Crippen molar-refractivity contribution in [3.05, 3.63) is 0 Å². The molecule has 5 nitrogen and oxygen atoms in total. The Morgan fingerprint density at radius 2 is 1.94 bits per heavy atom. The maximum absolute atomic E-state index is 11.6. The molecular weight excluding hydrogens is 222 g/mol. The van der Waals surface area contributed by atoms with Crippen molar-refractivity contribution in [2.45, 2.75) is 39.7 Å². The minimum absolute atomic E-state index is 0.0602. The van der Waals surface area contributed by atoms with Crippen LogP contribution in [0.1, 0.15) is 34.1 Å². The quantitative estimate of drug-likeness (QED) is 0.822. The molecule has 1 fully saturated rings. The fourth-order valence-corrected chi connectivity index (χ4v) is 1.95. The molecule has 1 heterocycles. The second-order valence-electron chi connectivity index (χ2n) is 5.50. The highest BCUT2D eigenvalue weighted by molar-refractivity contribution is 5.72. The van der Waals surface area contributed by atoms with Crippen LogP contribution in [0.15, 0.2) is 0 Å². The van der Waals surface area contributed by atoms with Crippen molar-refractivity contribution in [1.82, 2.24) is 4.90 Å². The normalized spacial score (nSPS) is 18.5. The first-order valence-corrected chi connectivity index (χ1v) is 5.95. The molecule has 1 atom stereocenters. The van der Waals surface area contributed by atoms with Crippen molar-refractivity contribution >= 4 is 12.1 Å². The van der Waals surface area contributed by atoms with E-state index in [1.165, 1.54) is 0 Å². The van der Waals surface area contributed by atoms with Gasteiger partial charge in [-0.15, -0.1) is 0 Å². The number of hydrogen-bond donors (Lipinski definition) is 1. The Bertz CT molecular complexity index is 302. The zero-order valence-electron chi connectivity index (χ0n) is 10.9. The summed E-state index contributed by atoms with van der Waals surface area (Å²) >= 11 is 0. The van der Waals surface area contributed by atoms with E-state index < -0.39 is 11.6 Å². The van der Waals surface area contributed by atoms with Gasteiger partial charge in [-0.3, -0.25) is 4.79 Å². The Labute approximate surface area is 102 Å². The lowest BCUT2D eigenvalue weighted by Gasteiger charge is -2.42. The summed E-state index contributed by atoms with van der Waals surface area (Å²) < 4.78 is 5.20. The molecule has 1 aliphatic heterocycles. The molecule has 1 aliphatic rings. The number of hydrogen-bond acceptors (Lipinski definition) is 3. The summed E-state index contributed by atoms with van der Waals surface area (Å²) in [7, 11) is 0. The number of carboxylic acids is 1. The smallest absolute Gasteiger partial charge is 0.410 e. The van der Waals surface area contributed by atoms with Crippen molar-refractivity contribution in [3.63, 3.8) is 0 Å². The molecule has 1 saturated heterocycles. The Kier molecular flexibility index (Phi) is 4.01. The number of ether oxygens (including phenoxy) is 1. The van der Waals surface area contributed by atoms with Gasteiger partial charge < -0.3 is 14.7 Å². The molecule has 0 aromatic carbocycles. The van der Waals surface area contributed by atoms with E-state index in [0.717, 1.165) is 0 Å². The maximum Gasteiger partial charge on any atom is 0.410 e. The largest absolute Gasteiger partial charge is 0.481 e. The molecule has 1 amide bonds. The number of rotatable bonds is 3. The highest BCUT2D eigenvalue weighted by Crippen LogP contribution is 2.27. The lowest BCUT2D eigenvalue weighted by atomic mass is 9.84. The van der Waals surface area contributed by atoms with Gasteiger partial charge in [-0.25, -0.2) is 4.79 Å². The fraction of sp³-hybridized carbons (Fsp3) is 0.833. The van der Waals surface area contributed by atoms with Gasteiger partial charge in [0.25, 0.3) is 0 Å². The molecule has 0 aromatic rings. The van der Waals surface area contributed by atoms with Gasteiger partial charge in [0.2, 0.25) is 0 Å². The SMILES string of the molecule is CCC(C(=O)O)C1CN(C(=O)OC(C)(C)C)C1. The summed E-state index contributed by atoms with van der Waals surface area (Å²) in [6, 6.07) is 0. The predicted molar refractivity (Wildman–Crippen MR) is 62.7 cm³/mol. The van der Waals surface area contributed by atoms with Gasteiger partial charge >= 0.3 is 12.1 Å². The molecule has 0 bridgehead atoms. The van der Waals surface area contributed by atoms with Gasteiger partial charge in [-0.2, -0.15) is 0 Å². The Morgan fingerprint density at radius 1 is 1.41 bits per heavy atom. The lowest BCUT2D eigenvalue weighted by molar-refractivity contribution is -0.146. The molecule has 0 spiro atoms. The molecule has 1 rings (SSSR count). The second kappa shape index (κ2) is 4.94. The van der Waals surface area contributed by atoms with E-state index >= 15 is 0 Å². The third-order valence-corrected chi connectivity index (χ3v) is 2.89. The van der Waals surface area contributed by atoms with Crippen LogP contribution >= 0.6 is 0 Å². The minimum atomic E-state index is -0.777. The minimum Gasteiger partial charge on any atom is -0.481 e. The highest BCUT2D eigenvalue weighted by atomic mass is 16.6. The summed E-state index contributed by atoms with van der Waals surface area (Å²) in [5, 5.41) is 8.99. The number of carbonyl (C=O) groups is 2. The standard InChI is InChI=1S/C12H21NO4/c1-5-9(10(14)15)8-6-13(7-8)11(16)17-12(2,3)4/h8-9H,5-7H2,1-4H3,(H,14,15). The number of amides is 1. The maximum atomic E-state index is 11.6. The monoisotopic (exact) mass is 243 g/mol.